The third kappa shape index (κ3) is 3.82. The van der Waals surface area contributed by atoms with Gasteiger partial charge in [0.05, 0.1) is 6.07 Å². The number of nitrogens with one attached hydrogen (secondary N) is 1. The summed E-state index contributed by atoms with van der Waals surface area (Å²) in [6.45, 7) is 1.73. The molecule has 20 heavy (non-hydrogen) atoms. The Labute approximate surface area is 120 Å². The molecule has 1 amide bonds. The van der Waals surface area contributed by atoms with Gasteiger partial charge in [0, 0.05) is 12.6 Å². The van der Waals surface area contributed by atoms with Crippen molar-refractivity contribution in [3.63, 3.8) is 0 Å². The summed E-state index contributed by atoms with van der Waals surface area (Å²) in [7, 11) is 2.08. The van der Waals surface area contributed by atoms with Crippen molar-refractivity contribution in [3.8, 4) is 6.07 Å². The van der Waals surface area contributed by atoms with E-state index in [4.69, 9.17) is 0 Å². The Kier molecular flexibility index (Phi) is 5.14. The topological polar surface area (TPSA) is 56.1 Å². The monoisotopic (exact) mass is 271 g/mol. The average Bonchev–Trinajstić information content (AvgIpc) is 2.88. The lowest BCUT2D eigenvalue weighted by Crippen LogP contribution is -2.40. The van der Waals surface area contributed by atoms with Crippen LogP contribution in [0.25, 0.3) is 0 Å². The first-order chi connectivity index (χ1) is 9.70. The maximum atomic E-state index is 12.1. The van der Waals surface area contributed by atoms with Crippen LogP contribution in [-0.4, -0.2) is 37.0 Å². The lowest BCUT2D eigenvalue weighted by atomic mass is 10.00. The van der Waals surface area contributed by atoms with Gasteiger partial charge in [0.1, 0.15) is 5.92 Å². The third-order valence-electron chi connectivity index (χ3n) is 3.94. The molecule has 4 nitrogen and oxygen atoms in total. The maximum absolute atomic E-state index is 12.1. The molecule has 1 aromatic rings. The zero-order valence-electron chi connectivity index (χ0n) is 11.9. The molecule has 1 heterocycles. The molecule has 4 heteroatoms. The molecular weight excluding hydrogens is 250 g/mol. The Morgan fingerprint density at radius 3 is 2.85 bits per heavy atom. The highest BCUT2D eigenvalue weighted by atomic mass is 16.1. The highest BCUT2D eigenvalue weighted by Gasteiger charge is 2.23. The summed E-state index contributed by atoms with van der Waals surface area (Å²) in [6.07, 6.45) is 2.78. The summed E-state index contributed by atoms with van der Waals surface area (Å²) in [5, 5.41) is 12.1. The van der Waals surface area contributed by atoms with E-state index in [9.17, 15) is 10.1 Å². The number of likely N-dealkylation sites (tertiary alicyclic amines) is 1. The quantitative estimate of drug-likeness (QED) is 0.884. The second kappa shape index (κ2) is 7.06. The molecule has 0 spiro atoms. The van der Waals surface area contributed by atoms with Gasteiger partial charge >= 0.3 is 0 Å². The smallest absolute Gasteiger partial charge is 0.237 e. The summed E-state index contributed by atoms with van der Waals surface area (Å²) < 4.78 is 0. The summed E-state index contributed by atoms with van der Waals surface area (Å²) in [5.74, 6) is -0.763. The molecule has 2 rings (SSSR count). The van der Waals surface area contributed by atoms with Crippen molar-refractivity contribution in [2.75, 3.05) is 20.1 Å². The number of carbonyl (C=O) groups is 1. The Balaban J connectivity index is 1.85. The molecule has 1 saturated heterocycles. The number of rotatable bonds is 5. The van der Waals surface area contributed by atoms with E-state index in [1.807, 2.05) is 30.3 Å². The average molecular weight is 271 g/mol. The number of carbonyl (C=O) groups excluding carboxylic acids is 1. The minimum absolute atomic E-state index is 0.156. The Morgan fingerprint density at radius 1 is 1.50 bits per heavy atom. The van der Waals surface area contributed by atoms with Gasteiger partial charge < -0.3 is 10.2 Å². The van der Waals surface area contributed by atoms with E-state index >= 15 is 0 Å². The van der Waals surface area contributed by atoms with Crippen molar-refractivity contribution in [2.24, 2.45) is 5.92 Å². The fraction of sp³-hybridized carbons (Fsp3) is 0.500. The minimum Gasteiger partial charge on any atom is -0.353 e. The van der Waals surface area contributed by atoms with Crippen molar-refractivity contribution < 1.29 is 4.79 Å². The molecule has 1 aliphatic rings. The fourth-order valence-corrected chi connectivity index (χ4v) is 2.63. The van der Waals surface area contributed by atoms with Crippen LogP contribution >= 0.6 is 0 Å². The maximum Gasteiger partial charge on any atom is 0.237 e. The van der Waals surface area contributed by atoms with Crippen LogP contribution in [0.3, 0.4) is 0 Å². The first-order valence-electron chi connectivity index (χ1n) is 7.12. The molecule has 1 aromatic carbocycles. The molecule has 1 fully saturated rings. The van der Waals surface area contributed by atoms with Crippen molar-refractivity contribution in [2.45, 2.75) is 25.3 Å². The number of likely N-dealkylation sites (N-methyl/N-ethyl adjacent to an activating group) is 1. The van der Waals surface area contributed by atoms with Crippen LogP contribution in [0.1, 0.15) is 18.4 Å². The molecule has 0 aromatic heterocycles. The number of nitrogens with zero attached hydrogens (tertiary/aromatic N) is 2. The number of hydrogen-bond donors (Lipinski definition) is 1. The van der Waals surface area contributed by atoms with Crippen LogP contribution in [0.2, 0.25) is 0 Å². The van der Waals surface area contributed by atoms with E-state index in [0.717, 1.165) is 18.5 Å². The van der Waals surface area contributed by atoms with Crippen LogP contribution in [0.15, 0.2) is 30.3 Å². The standard InChI is InChI=1S/C16H21N3O/c1-19-9-5-8-15(19)12-18-16(20)14(11-17)10-13-6-3-2-4-7-13/h2-4,6-7,14-15H,5,8-10,12H2,1H3,(H,18,20). The van der Waals surface area contributed by atoms with E-state index < -0.39 is 5.92 Å². The molecule has 2 atom stereocenters. The van der Waals surface area contributed by atoms with E-state index in [1.54, 1.807) is 0 Å². The van der Waals surface area contributed by atoms with E-state index in [-0.39, 0.29) is 5.91 Å². The van der Waals surface area contributed by atoms with Crippen molar-refractivity contribution in [1.29, 1.82) is 5.26 Å². The molecule has 106 valence electrons. The van der Waals surface area contributed by atoms with Crippen LogP contribution in [-0.2, 0) is 11.2 Å². The summed E-state index contributed by atoms with van der Waals surface area (Å²) in [6, 6.07) is 12.2. The lowest BCUT2D eigenvalue weighted by Gasteiger charge is -2.20. The largest absolute Gasteiger partial charge is 0.353 e. The second-order valence-corrected chi connectivity index (χ2v) is 5.39. The predicted molar refractivity (Wildman–Crippen MR) is 77.9 cm³/mol. The lowest BCUT2D eigenvalue weighted by molar-refractivity contribution is -0.123. The molecule has 1 N–H and O–H groups in total. The SMILES string of the molecule is CN1CCCC1CNC(=O)C(C#N)Cc1ccccc1. The zero-order valence-corrected chi connectivity index (χ0v) is 11.9. The summed E-state index contributed by atoms with van der Waals surface area (Å²) in [4.78, 5) is 14.4. The number of nitriles is 1. The molecule has 0 saturated carbocycles. The van der Waals surface area contributed by atoms with Crippen LogP contribution in [0.4, 0.5) is 0 Å². The van der Waals surface area contributed by atoms with E-state index in [1.165, 1.54) is 6.42 Å². The van der Waals surface area contributed by atoms with Gasteiger partial charge in [-0.2, -0.15) is 5.26 Å². The zero-order chi connectivity index (χ0) is 14.4. The van der Waals surface area contributed by atoms with Gasteiger partial charge in [-0.15, -0.1) is 0 Å². The number of amides is 1. The van der Waals surface area contributed by atoms with Crippen LogP contribution < -0.4 is 5.32 Å². The normalized spacial score (nSPS) is 20.3. The fourth-order valence-electron chi connectivity index (χ4n) is 2.63. The first-order valence-corrected chi connectivity index (χ1v) is 7.12. The second-order valence-electron chi connectivity index (χ2n) is 5.39. The van der Waals surface area contributed by atoms with Gasteiger partial charge in [-0.05, 0) is 38.4 Å². The number of benzene rings is 1. The highest BCUT2D eigenvalue weighted by Crippen LogP contribution is 2.14. The van der Waals surface area contributed by atoms with Gasteiger partial charge in [0.25, 0.3) is 0 Å². The molecule has 0 aliphatic carbocycles. The van der Waals surface area contributed by atoms with Gasteiger partial charge in [-0.1, -0.05) is 30.3 Å². The molecule has 1 aliphatic heterocycles. The first kappa shape index (κ1) is 14.5. The van der Waals surface area contributed by atoms with Gasteiger partial charge in [0.15, 0.2) is 0 Å². The van der Waals surface area contributed by atoms with Crippen LogP contribution in [0.5, 0.6) is 0 Å². The third-order valence-corrected chi connectivity index (χ3v) is 3.94. The van der Waals surface area contributed by atoms with Gasteiger partial charge in [0.2, 0.25) is 5.91 Å². The molecule has 2 unspecified atom stereocenters. The van der Waals surface area contributed by atoms with Crippen molar-refractivity contribution in [1.82, 2.24) is 10.2 Å². The summed E-state index contributed by atoms with van der Waals surface area (Å²) >= 11 is 0. The van der Waals surface area contributed by atoms with Crippen molar-refractivity contribution >= 4 is 5.91 Å². The van der Waals surface area contributed by atoms with Gasteiger partial charge in [-0.3, -0.25) is 4.79 Å². The Hall–Kier alpha value is -1.86. The molecule has 0 bridgehead atoms. The molecular formula is C16H21N3O. The molecule has 0 radical (unpaired) electrons. The predicted octanol–water partition coefficient (Wildman–Crippen LogP) is 1.58. The van der Waals surface area contributed by atoms with Gasteiger partial charge in [-0.25, -0.2) is 0 Å². The van der Waals surface area contributed by atoms with E-state index in [2.05, 4.69) is 23.3 Å². The highest BCUT2D eigenvalue weighted by molar-refractivity contribution is 5.81. The van der Waals surface area contributed by atoms with Crippen molar-refractivity contribution in [3.05, 3.63) is 35.9 Å². The minimum atomic E-state index is -0.607. The summed E-state index contributed by atoms with van der Waals surface area (Å²) in [5.41, 5.74) is 1.02. The van der Waals surface area contributed by atoms with E-state index in [0.29, 0.717) is 19.0 Å². The Morgan fingerprint density at radius 2 is 2.25 bits per heavy atom. The number of hydrogen-bond acceptors (Lipinski definition) is 3. The Bertz CT molecular complexity index is 480. The van der Waals surface area contributed by atoms with Crippen LogP contribution in [0, 0.1) is 17.2 Å².